The third-order valence-electron chi connectivity index (χ3n) is 2.89. The van der Waals surface area contributed by atoms with E-state index in [4.69, 9.17) is 4.55 Å². The van der Waals surface area contributed by atoms with Gasteiger partial charge < -0.3 is 14.2 Å². The third kappa shape index (κ3) is 5.66. The van der Waals surface area contributed by atoms with Gasteiger partial charge in [-0.25, -0.2) is 9.59 Å². The molecule has 8 nitrogen and oxygen atoms in total. The molecule has 1 N–H and O–H groups in total. The number of rotatable bonds is 10. The highest BCUT2D eigenvalue weighted by Gasteiger charge is 2.69. The van der Waals surface area contributed by atoms with Crippen LogP contribution in [0.25, 0.3) is 0 Å². The van der Waals surface area contributed by atoms with E-state index in [0.717, 1.165) is 6.92 Å². The average Bonchev–Trinajstić information content (AvgIpc) is 2.51. The van der Waals surface area contributed by atoms with Crippen LogP contribution in [-0.2, 0) is 33.9 Å². The van der Waals surface area contributed by atoms with E-state index in [9.17, 15) is 48.7 Å². The predicted molar refractivity (Wildman–Crippen MR) is 78.0 cm³/mol. The van der Waals surface area contributed by atoms with Crippen molar-refractivity contribution in [3.05, 3.63) is 25.0 Å². The van der Waals surface area contributed by atoms with Crippen LogP contribution in [0.1, 0.15) is 13.3 Å². The van der Waals surface area contributed by atoms with Crippen molar-refractivity contribution in [2.45, 2.75) is 36.5 Å². The maximum Gasteiger partial charge on any atom is 0.468 e. The topological polar surface area (TPSA) is 116 Å². The molecule has 0 saturated heterocycles. The summed E-state index contributed by atoms with van der Waals surface area (Å²) in [5.41, 5.74) is -0.711. The standard InChI is InChI=1S/C13H13F7O8S/c1-4-26-9(22)11(12(16,17)18,28-8(21)7(2)3)27-6-5-10(14,15)13(19,20)29(23,24)25/h4H,1-2,5-6H2,3H3,(H,23,24,25). The van der Waals surface area contributed by atoms with E-state index in [1.54, 1.807) is 0 Å². The van der Waals surface area contributed by atoms with E-state index in [0.29, 0.717) is 0 Å². The van der Waals surface area contributed by atoms with Gasteiger partial charge in [0.25, 0.3) is 0 Å². The van der Waals surface area contributed by atoms with Gasteiger partial charge in [0.05, 0.1) is 12.9 Å². The van der Waals surface area contributed by atoms with Crippen LogP contribution < -0.4 is 0 Å². The van der Waals surface area contributed by atoms with Crippen molar-refractivity contribution in [3.8, 4) is 0 Å². The molecule has 0 saturated carbocycles. The SMILES string of the molecule is C=COC(=O)C(OCCC(F)(F)C(F)(F)S(=O)(=O)O)(OC(=O)C(=C)C)C(F)(F)F. The summed E-state index contributed by atoms with van der Waals surface area (Å²) in [4.78, 5) is 23.1. The molecule has 0 fully saturated rings. The van der Waals surface area contributed by atoms with E-state index < -0.39 is 63.8 Å². The zero-order chi connectivity index (χ0) is 23.5. The monoisotopic (exact) mass is 462 g/mol. The summed E-state index contributed by atoms with van der Waals surface area (Å²) in [6.45, 7) is 4.39. The molecule has 0 aliphatic heterocycles. The van der Waals surface area contributed by atoms with Crippen molar-refractivity contribution in [3.63, 3.8) is 0 Å². The van der Waals surface area contributed by atoms with Crippen molar-refractivity contribution in [2.24, 2.45) is 0 Å². The lowest BCUT2D eigenvalue weighted by atomic mass is 10.2. The molecule has 0 aliphatic carbocycles. The minimum absolute atomic E-state index is 0.127. The summed E-state index contributed by atoms with van der Waals surface area (Å²) in [5.74, 6) is -14.8. The second-order valence-corrected chi connectivity index (χ2v) is 6.61. The van der Waals surface area contributed by atoms with Crippen LogP contribution in [0.2, 0.25) is 0 Å². The van der Waals surface area contributed by atoms with Gasteiger partial charge in [0.1, 0.15) is 0 Å². The molecule has 0 aliphatic rings. The molecule has 0 radical (unpaired) electrons. The highest BCUT2D eigenvalue weighted by Crippen LogP contribution is 2.42. The van der Waals surface area contributed by atoms with Crippen molar-refractivity contribution in [2.75, 3.05) is 6.61 Å². The van der Waals surface area contributed by atoms with Crippen molar-refractivity contribution in [1.29, 1.82) is 0 Å². The Morgan fingerprint density at radius 1 is 1.10 bits per heavy atom. The summed E-state index contributed by atoms with van der Waals surface area (Å²) in [6.07, 6.45) is -8.33. The van der Waals surface area contributed by atoms with Crippen molar-refractivity contribution < 1.29 is 67.5 Å². The number of ether oxygens (including phenoxy) is 3. The first-order chi connectivity index (χ1) is 12.8. The molecule has 0 aromatic carbocycles. The fourth-order valence-corrected chi connectivity index (χ4v) is 1.89. The Labute approximate surface area is 158 Å². The lowest BCUT2D eigenvalue weighted by molar-refractivity contribution is -0.355. The highest BCUT2D eigenvalue weighted by atomic mass is 32.2. The van der Waals surface area contributed by atoms with Crippen LogP contribution in [-0.4, -0.2) is 54.7 Å². The molecule has 0 aromatic heterocycles. The molecular formula is C13H13F7O8S. The number of hydrogen-bond donors (Lipinski definition) is 1. The lowest BCUT2D eigenvalue weighted by Crippen LogP contribution is -2.58. The molecule has 1 atom stereocenters. The number of halogens is 7. The summed E-state index contributed by atoms with van der Waals surface area (Å²) in [7, 11) is -6.67. The summed E-state index contributed by atoms with van der Waals surface area (Å²) < 4.78 is 134. The van der Waals surface area contributed by atoms with Gasteiger partial charge in [0.15, 0.2) is 0 Å². The number of alkyl halides is 7. The summed E-state index contributed by atoms with van der Waals surface area (Å²) in [5, 5.41) is -6.11. The molecule has 1 unspecified atom stereocenters. The van der Waals surface area contributed by atoms with Gasteiger partial charge in [-0.2, -0.15) is 39.2 Å². The minimum Gasteiger partial charge on any atom is -0.430 e. The Bertz CT molecular complexity index is 775. The quantitative estimate of drug-likeness (QED) is 0.132. The van der Waals surface area contributed by atoms with Crippen LogP contribution in [0.3, 0.4) is 0 Å². The van der Waals surface area contributed by atoms with E-state index in [2.05, 4.69) is 27.4 Å². The second kappa shape index (κ2) is 8.66. The molecule has 16 heteroatoms. The van der Waals surface area contributed by atoms with Gasteiger partial charge in [-0.3, -0.25) is 4.55 Å². The van der Waals surface area contributed by atoms with Crippen molar-refractivity contribution >= 4 is 22.1 Å². The number of carbonyl (C=O) groups excluding carboxylic acids is 2. The lowest BCUT2D eigenvalue weighted by Gasteiger charge is -2.32. The maximum absolute atomic E-state index is 13.4. The fraction of sp³-hybridized carbons (Fsp3) is 0.538. The maximum atomic E-state index is 13.4. The van der Waals surface area contributed by atoms with Gasteiger partial charge >= 0.3 is 45.2 Å². The van der Waals surface area contributed by atoms with Gasteiger partial charge in [-0.05, 0) is 6.92 Å². The molecule has 0 spiro atoms. The zero-order valence-electron chi connectivity index (χ0n) is 14.3. The second-order valence-electron chi connectivity index (χ2n) is 5.15. The van der Waals surface area contributed by atoms with Gasteiger partial charge in [0, 0.05) is 12.0 Å². The van der Waals surface area contributed by atoms with E-state index in [-0.39, 0.29) is 6.26 Å². The summed E-state index contributed by atoms with van der Waals surface area (Å²) >= 11 is 0. The Kier molecular flexibility index (Phi) is 8.01. The van der Waals surface area contributed by atoms with Crippen LogP contribution in [0.15, 0.2) is 25.0 Å². The van der Waals surface area contributed by atoms with E-state index in [1.807, 2.05) is 0 Å². The van der Waals surface area contributed by atoms with Gasteiger partial charge in [-0.15, -0.1) is 0 Å². The van der Waals surface area contributed by atoms with Crippen LogP contribution in [0.4, 0.5) is 30.7 Å². The predicted octanol–water partition coefficient (Wildman–Crippen LogP) is 2.57. The van der Waals surface area contributed by atoms with Gasteiger partial charge in [0.2, 0.25) is 0 Å². The first-order valence-electron chi connectivity index (χ1n) is 6.91. The zero-order valence-corrected chi connectivity index (χ0v) is 15.1. The highest BCUT2D eigenvalue weighted by molar-refractivity contribution is 7.87. The smallest absolute Gasteiger partial charge is 0.430 e. The molecule has 0 bridgehead atoms. The fourth-order valence-electron chi connectivity index (χ4n) is 1.41. The molecule has 168 valence electrons. The Morgan fingerprint density at radius 2 is 1.59 bits per heavy atom. The third-order valence-corrected chi connectivity index (χ3v) is 3.83. The number of carbonyl (C=O) groups is 2. The average molecular weight is 462 g/mol. The Morgan fingerprint density at radius 3 is 1.93 bits per heavy atom. The first-order valence-corrected chi connectivity index (χ1v) is 8.35. The molecule has 0 rings (SSSR count). The molecule has 29 heavy (non-hydrogen) atoms. The first kappa shape index (κ1) is 26.8. The van der Waals surface area contributed by atoms with Crippen LogP contribution >= 0.6 is 0 Å². The number of esters is 2. The largest absolute Gasteiger partial charge is 0.468 e. The van der Waals surface area contributed by atoms with Crippen LogP contribution in [0.5, 0.6) is 0 Å². The molecule has 0 heterocycles. The molecule has 0 amide bonds. The van der Waals surface area contributed by atoms with Crippen molar-refractivity contribution in [1.82, 2.24) is 0 Å². The van der Waals surface area contributed by atoms with Gasteiger partial charge in [-0.1, -0.05) is 13.2 Å². The normalized spacial score (nSPS) is 15.2. The van der Waals surface area contributed by atoms with E-state index in [1.165, 1.54) is 0 Å². The Hall–Kier alpha value is -2.20. The molecule has 0 aromatic rings. The molecular weight excluding hydrogens is 449 g/mol. The van der Waals surface area contributed by atoms with E-state index >= 15 is 0 Å². The summed E-state index contributed by atoms with van der Waals surface area (Å²) in [6, 6.07) is 0. The number of hydrogen-bond acceptors (Lipinski definition) is 7. The minimum atomic E-state index is -6.67. The van der Waals surface area contributed by atoms with Crippen LogP contribution in [0, 0.1) is 0 Å². The Balaban J connectivity index is 5.96.